The summed E-state index contributed by atoms with van der Waals surface area (Å²) in [6, 6.07) is 4.35. The van der Waals surface area contributed by atoms with Crippen LogP contribution in [0.2, 0.25) is 0 Å². The van der Waals surface area contributed by atoms with Crippen molar-refractivity contribution in [3.8, 4) is 0 Å². The van der Waals surface area contributed by atoms with Gasteiger partial charge in [0.25, 0.3) is 0 Å². The second-order valence-electron chi connectivity index (χ2n) is 6.74. The molecule has 1 unspecified atom stereocenters. The van der Waals surface area contributed by atoms with Crippen molar-refractivity contribution in [3.63, 3.8) is 0 Å². The molecule has 1 aliphatic heterocycles. The maximum atomic E-state index is 12.2. The summed E-state index contributed by atoms with van der Waals surface area (Å²) in [6.07, 6.45) is 7.95. The van der Waals surface area contributed by atoms with E-state index in [2.05, 4.69) is 17.2 Å². The van der Waals surface area contributed by atoms with Gasteiger partial charge in [0.1, 0.15) is 11.6 Å². The quantitative estimate of drug-likeness (QED) is 0.845. The Balaban J connectivity index is 1.56. The zero-order valence-electron chi connectivity index (χ0n) is 14.6. The Morgan fingerprint density at radius 1 is 1.46 bits per heavy atom. The highest BCUT2D eigenvalue weighted by Gasteiger charge is 2.40. The molecular formula is C18H26N4O2. The average Bonchev–Trinajstić information content (AvgIpc) is 3.27. The standard InChI is InChI=1S/C18H26N4O2/c1-13(6-7-15-5-4-10-24-15)20-12-14-11-16(23)22(3)17(14)18-19-8-9-21(18)2/h4-5,8-10,13-14,17,20H,6-7,11-12H2,1-3H3/t13?,14-,17+/m0/s1. The smallest absolute Gasteiger partial charge is 0.223 e. The number of amides is 1. The molecule has 6 heteroatoms. The van der Waals surface area contributed by atoms with E-state index in [0.29, 0.717) is 12.5 Å². The molecule has 2 aromatic rings. The van der Waals surface area contributed by atoms with Gasteiger partial charge in [-0.25, -0.2) is 4.98 Å². The molecule has 1 amide bonds. The van der Waals surface area contributed by atoms with Crippen LogP contribution >= 0.6 is 0 Å². The maximum Gasteiger partial charge on any atom is 0.223 e. The van der Waals surface area contributed by atoms with Crippen LogP contribution in [0.4, 0.5) is 0 Å². The Bertz CT molecular complexity index is 664. The lowest BCUT2D eigenvalue weighted by Crippen LogP contribution is -2.35. The van der Waals surface area contributed by atoms with Crippen LogP contribution in [-0.2, 0) is 18.3 Å². The summed E-state index contributed by atoms with van der Waals surface area (Å²) in [7, 11) is 3.86. The molecule has 0 saturated carbocycles. The van der Waals surface area contributed by atoms with E-state index < -0.39 is 0 Å². The number of hydrogen-bond acceptors (Lipinski definition) is 4. The van der Waals surface area contributed by atoms with Crippen molar-refractivity contribution in [2.45, 2.75) is 38.3 Å². The molecule has 0 aliphatic carbocycles. The molecule has 2 aromatic heterocycles. The van der Waals surface area contributed by atoms with Gasteiger partial charge in [0.15, 0.2) is 0 Å². The van der Waals surface area contributed by atoms with E-state index in [0.717, 1.165) is 31.0 Å². The normalized spacial score (nSPS) is 22.3. The van der Waals surface area contributed by atoms with Gasteiger partial charge in [0.05, 0.1) is 12.3 Å². The van der Waals surface area contributed by atoms with Gasteiger partial charge in [-0.3, -0.25) is 4.79 Å². The number of likely N-dealkylation sites (tertiary alicyclic amines) is 1. The molecule has 0 aromatic carbocycles. The molecule has 1 fully saturated rings. The SMILES string of the molecule is CC(CCc1ccco1)NC[C@@H]1CC(=O)N(C)[C@H]1c1nccn1C. The minimum absolute atomic E-state index is 0.0438. The third kappa shape index (κ3) is 3.53. The van der Waals surface area contributed by atoms with Gasteiger partial charge in [-0.1, -0.05) is 0 Å². The van der Waals surface area contributed by atoms with Crippen LogP contribution in [0.25, 0.3) is 0 Å². The van der Waals surface area contributed by atoms with Crippen LogP contribution in [0, 0.1) is 5.92 Å². The Morgan fingerprint density at radius 3 is 2.96 bits per heavy atom. The number of rotatable bonds is 7. The van der Waals surface area contributed by atoms with E-state index in [1.54, 1.807) is 12.5 Å². The fraction of sp³-hybridized carbons (Fsp3) is 0.556. The zero-order chi connectivity index (χ0) is 17.1. The predicted molar refractivity (Wildman–Crippen MR) is 91.3 cm³/mol. The monoisotopic (exact) mass is 330 g/mol. The largest absolute Gasteiger partial charge is 0.469 e. The minimum atomic E-state index is 0.0438. The number of imidazole rings is 1. The van der Waals surface area contributed by atoms with Gasteiger partial charge in [-0.05, 0) is 25.5 Å². The van der Waals surface area contributed by atoms with E-state index >= 15 is 0 Å². The number of aryl methyl sites for hydroxylation is 2. The molecule has 1 saturated heterocycles. The van der Waals surface area contributed by atoms with E-state index in [1.165, 1.54) is 0 Å². The van der Waals surface area contributed by atoms with Crippen molar-refractivity contribution in [3.05, 3.63) is 42.4 Å². The average molecular weight is 330 g/mol. The number of furan rings is 1. The van der Waals surface area contributed by atoms with Gasteiger partial charge in [-0.15, -0.1) is 0 Å². The van der Waals surface area contributed by atoms with Crippen molar-refractivity contribution in [1.82, 2.24) is 19.8 Å². The van der Waals surface area contributed by atoms with Crippen LogP contribution in [0.15, 0.2) is 35.2 Å². The van der Waals surface area contributed by atoms with Crippen molar-refractivity contribution < 1.29 is 9.21 Å². The highest BCUT2D eigenvalue weighted by Crippen LogP contribution is 2.35. The van der Waals surface area contributed by atoms with Crippen LogP contribution < -0.4 is 5.32 Å². The number of carbonyl (C=O) groups excluding carboxylic acids is 1. The van der Waals surface area contributed by atoms with E-state index in [-0.39, 0.29) is 17.9 Å². The highest BCUT2D eigenvalue weighted by molar-refractivity contribution is 5.79. The molecular weight excluding hydrogens is 304 g/mol. The fourth-order valence-electron chi connectivity index (χ4n) is 3.45. The fourth-order valence-corrected chi connectivity index (χ4v) is 3.45. The first-order valence-electron chi connectivity index (χ1n) is 8.55. The van der Waals surface area contributed by atoms with Crippen LogP contribution in [-0.4, -0.2) is 40.0 Å². The second-order valence-corrected chi connectivity index (χ2v) is 6.74. The van der Waals surface area contributed by atoms with Crippen LogP contribution in [0.1, 0.15) is 37.4 Å². The van der Waals surface area contributed by atoms with E-state index in [9.17, 15) is 4.79 Å². The summed E-state index contributed by atoms with van der Waals surface area (Å²) in [5, 5.41) is 3.58. The lowest BCUT2D eigenvalue weighted by atomic mass is 9.98. The van der Waals surface area contributed by atoms with Gasteiger partial charge in [0, 0.05) is 57.8 Å². The summed E-state index contributed by atoms with van der Waals surface area (Å²) in [6.45, 7) is 2.99. The molecule has 130 valence electrons. The number of aromatic nitrogens is 2. The highest BCUT2D eigenvalue weighted by atomic mass is 16.3. The number of carbonyl (C=O) groups is 1. The van der Waals surface area contributed by atoms with Gasteiger partial charge in [0.2, 0.25) is 5.91 Å². The lowest BCUT2D eigenvalue weighted by molar-refractivity contribution is -0.127. The zero-order valence-corrected chi connectivity index (χ0v) is 14.6. The van der Waals surface area contributed by atoms with Crippen molar-refractivity contribution in [1.29, 1.82) is 0 Å². The molecule has 1 aliphatic rings. The summed E-state index contributed by atoms with van der Waals surface area (Å²) in [5.41, 5.74) is 0. The Hall–Kier alpha value is -2.08. The molecule has 3 atom stereocenters. The third-order valence-electron chi connectivity index (χ3n) is 4.95. The van der Waals surface area contributed by atoms with Crippen LogP contribution in [0.5, 0.6) is 0 Å². The first-order chi connectivity index (χ1) is 11.6. The van der Waals surface area contributed by atoms with E-state index in [1.807, 2.05) is 41.9 Å². The molecule has 3 heterocycles. The first kappa shape index (κ1) is 16.8. The minimum Gasteiger partial charge on any atom is -0.469 e. The first-order valence-corrected chi connectivity index (χ1v) is 8.55. The Labute approximate surface area is 142 Å². The summed E-state index contributed by atoms with van der Waals surface area (Å²) in [5.74, 6) is 2.41. The molecule has 1 N–H and O–H groups in total. The van der Waals surface area contributed by atoms with Crippen molar-refractivity contribution >= 4 is 5.91 Å². The molecule has 3 rings (SSSR count). The molecule has 0 bridgehead atoms. The van der Waals surface area contributed by atoms with Crippen LogP contribution in [0.3, 0.4) is 0 Å². The van der Waals surface area contributed by atoms with E-state index in [4.69, 9.17) is 4.42 Å². The summed E-state index contributed by atoms with van der Waals surface area (Å²) < 4.78 is 7.39. The van der Waals surface area contributed by atoms with Gasteiger partial charge in [-0.2, -0.15) is 0 Å². The summed E-state index contributed by atoms with van der Waals surface area (Å²) in [4.78, 5) is 18.5. The summed E-state index contributed by atoms with van der Waals surface area (Å²) >= 11 is 0. The lowest BCUT2D eigenvalue weighted by Gasteiger charge is -2.25. The number of hydrogen-bond donors (Lipinski definition) is 1. The van der Waals surface area contributed by atoms with Gasteiger partial charge >= 0.3 is 0 Å². The molecule has 0 spiro atoms. The molecule has 0 radical (unpaired) electrons. The second kappa shape index (κ2) is 7.21. The van der Waals surface area contributed by atoms with Crippen molar-refractivity contribution in [2.24, 2.45) is 13.0 Å². The molecule has 24 heavy (non-hydrogen) atoms. The Kier molecular flexibility index (Phi) is 5.04. The number of nitrogens with zero attached hydrogens (tertiary/aromatic N) is 3. The number of nitrogens with one attached hydrogen (secondary N) is 1. The predicted octanol–water partition coefficient (Wildman–Crippen LogP) is 2.14. The maximum absolute atomic E-state index is 12.2. The Morgan fingerprint density at radius 2 is 2.29 bits per heavy atom. The van der Waals surface area contributed by atoms with Crippen molar-refractivity contribution in [2.75, 3.05) is 13.6 Å². The van der Waals surface area contributed by atoms with Gasteiger partial charge < -0.3 is 19.2 Å². The molecule has 6 nitrogen and oxygen atoms in total. The third-order valence-corrected chi connectivity index (χ3v) is 4.95. The topological polar surface area (TPSA) is 63.3 Å².